The monoisotopic (exact) mass is 339 g/mol. The molecule has 1 unspecified atom stereocenters. The number of nitrogens with zero attached hydrogens (tertiary/aromatic N) is 3. The van der Waals surface area contributed by atoms with Crippen molar-refractivity contribution in [2.45, 2.75) is 65.8 Å². The number of hydrogen-bond donors (Lipinski definition) is 1. The van der Waals surface area contributed by atoms with Crippen LogP contribution in [0.3, 0.4) is 0 Å². The zero-order valence-corrected chi connectivity index (χ0v) is 15.2. The van der Waals surface area contributed by atoms with Gasteiger partial charge >= 0.3 is 12.2 Å². The molecule has 24 heavy (non-hydrogen) atoms. The van der Waals surface area contributed by atoms with Crippen molar-refractivity contribution >= 4 is 18.0 Å². The molecular weight excluding hydrogens is 314 g/mol. The highest BCUT2D eigenvalue weighted by Gasteiger charge is 2.33. The molecule has 134 valence electrons. The van der Waals surface area contributed by atoms with Gasteiger partial charge in [-0.05, 0) is 48.5 Å². The zero-order chi connectivity index (χ0) is 18.7. The first-order valence-electron chi connectivity index (χ1n) is 7.56. The van der Waals surface area contributed by atoms with E-state index >= 15 is 0 Å². The Morgan fingerprint density at radius 3 is 1.88 bits per heavy atom. The summed E-state index contributed by atoms with van der Waals surface area (Å²) in [6, 6.07) is 1.33. The first-order valence-corrected chi connectivity index (χ1v) is 7.56. The minimum absolute atomic E-state index is 0.0376. The van der Waals surface area contributed by atoms with Gasteiger partial charge in [-0.15, -0.1) is 0 Å². The third kappa shape index (κ3) is 6.11. The Morgan fingerprint density at radius 1 is 1.04 bits per heavy atom. The summed E-state index contributed by atoms with van der Waals surface area (Å²) < 4.78 is 10.5. The molecule has 1 aromatic heterocycles. The molecule has 1 rings (SSSR count). The number of aromatic nitrogens is 2. The number of hydrogen-bond acceptors (Lipinski definition) is 7. The van der Waals surface area contributed by atoms with Gasteiger partial charge < -0.3 is 14.6 Å². The molecular formula is C16H25N3O5. The molecule has 0 aliphatic rings. The van der Waals surface area contributed by atoms with E-state index in [1.807, 2.05) is 0 Å². The molecule has 1 heterocycles. The number of aliphatic hydroxyl groups is 1. The molecule has 0 fully saturated rings. The smallest absolute Gasteiger partial charge is 0.425 e. The second-order valence-electron chi connectivity index (χ2n) is 7.27. The SMILES string of the molecule is CC(O)c1cc(N(C(=O)OC(C)(C)C)C(=O)OC(C)(C)C)ncn1. The maximum absolute atomic E-state index is 12.4. The molecule has 1 N–H and O–H groups in total. The number of aliphatic hydroxyl groups excluding tert-OH is 1. The Hall–Kier alpha value is -2.22. The zero-order valence-electron chi connectivity index (χ0n) is 15.2. The highest BCUT2D eigenvalue weighted by Crippen LogP contribution is 2.21. The summed E-state index contributed by atoms with van der Waals surface area (Å²) in [5.41, 5.74) is -1.35. The maximum Gasteiger partial charge on any atom is 0.425 e. The maximum atomic E-state index is 12.4. The quantitative estimate of drug-likeness (QED) is 0.882. The Balaban J connectivity index is 3.25. The van der Waals surface area contributed by atoms with Gasteiger partial charge in [0.25, 0.3) is 0 Å². The van der Waals surface area contributed by atoms with Crippen molar-refractivity contribution in [2.75, 3.05) is 4.90 Å². The van der Waals surface area contributed by atoms with Gasteiger partial charge in [-0.3, -0.25) is 0 Å². The van der Waals surface area contributed by atoms with E-state index < -0.39 is 29.5 Å². The fourth-order valence-electron chi connectivity index (χ4n) is 1.59. The van der Waals surface area contributed by atoms with E-state index in [9.17, 15) is 14.7 Å². The fraction of sp³-hybridized carbons (Fsp3) is 0.625. The van der Waals surface area contributed by atoms with E-state index in [1.54, 1.807) is 41.5 Å². The van der Waals surface area contributed by atoms with E-state index in [0.29, 0.717) is 4.90 Å². The average Bonchev–Trinajstić information content (AvgIpc) is 2.34. The number of rotatable bonds is 2. The van der Waals surface area contributed by atoms with Crippen molar-refractivity contribution in [1.82, 2.24) is 9.97 Å². The van der Waals surface area contributed by atoms with Crippen LogP contribution in [0.4, 0.5) is 15.4 Å². The molecule has 2 amide bonds. The number of carbonyl (C=O) groups is 2. The molecule has 0 aliphatic heterocycles. The first kappa shape index (κ1) is 19.8. The van der Waals surface area contributed by atoms with Crippen LogP contribution in [0.1, 0.15) is 60.3 Å². The van der Waals surface area contributed by atoms with Gasteiger partial charge in [-0.25, -0.2) is 19.6 Å². The van der Waals surface area contributed by atoms with Crippen LogP contribution >= 0.6 is 0 Å². The predicted molar refractivity (Wildman–Crippen MR) is 87.6 cm³/mol. The molecule has 1 aromatic rings. The van der Waals surface area contributed by atoms with Crippen molar-refractivity contribution in [2.24, 2.45) is 0 Å². The van der Waals surface area contributed by atoms with Crippen LogP contribution in [-0.4, -0.2) is 38.5 Å². The lowest BCUT2D eigenvalue weighted by Gasteiger charge is -2.28. The van der Waals surface area contributed by atoms with Crippen molar-refractivity contribution in [1.29, 1.82) is 0 Å². The van der Waals surface area contributed by atoms with Gasteiger partial charge in [0, 0.05) is 6.07 Å². The second-order valence-corrected chi connectivity index (χ2v) is 7.27. The number of imide groups is 1. The summed E-state index contributed by atoms with van der Waals surface area (Å²) in [6.45, 7) is 11.6. The summed E-state index contributed by atoms with van der Waals surface area (Å²) in [7, 11) is 0. The molecule has 0 bridgehead atoms. The average molecular weight is 339 g/mol. The number of anilines is 1. The third-order valence-corrected chi connectivity index (χ3v) is 2.48. The molecule has 0 saturated heterocycles. The Morgan fingerprint density at radius 2 is 1.50 bits per heavy atom. The first-order chi connectivity index (χ1) is 10.8. The highest BCUT2D eigenvalue weighted by molar-refractivity contribution is 6.08. The lowest BCUT2D eigenvalue weighted by Crippen LogP contribution is -2.44. The minimum Gasteiger partial charge on any atom is -0.443 e. The van der Waals surface area contributed by atoms with Gasteiger partial charge in [-0.2, -0.15) is 4.90 Å². The largest absolute Gasteiger partial charge is 0.443 e. The predicted octanol–water partition coefficient (Wildman–Crippen LogP) is 3.21. The van der Waals surface area contributed by atoms with Crippen molar-refractivity contribution in [3.8, 4) is 0 Å². The molecule has 0 radical (unpaired) electrons. The van der Waals surface area contributed by atoms with Crippen molar-refractivity contribution < 1.29 is 24.2 Å². The number of carbonyl (C=O) groups excluding carboxylic acids is 2. The van der Waals surface area contributed by atoms with Crippen molar-refractivity contribution in [3.05, 3.63) is 18.1 Å². The van der Waals surface area contributed by atoms with Gasteiger partial charge in [0.1, 0.15) is 17.5 Å². The summed E-state index contributed by atoms with van der Waals surface area (Å²) in [5, 5.41) is 9.64. The van der Waals surface area contributed by atoms with Crippen LogP contribution in [0.15, 0.2) is 12.4 Å². The molecule has 8 nitrogen and oxygen atoms in total. The van der Waals surface area contributed by atoms with Gasteiger partial charge in [-0.1, -0.05) is 0 Å². The number of amides is 2. The van der Waals surface area contributed by atoms with Crippen molar-refractivity contribution in [3.63, 3.8) is 0 Å². The van der Waals surface area contributed by atoms with E-state index in [2.05, 4.69) is 9.97 Å². The molecule has 8 heteroatoms. The van der Waals surface area contributed by atoms with Crippen LogP contribution in [0, 0.1) is 0 Å². The molecule has 0 aromatic carbocycles. The minimum atomic E-state index is -0.924. The van der Waals surface area contributed by atoms with Crippen LogP contribution in [0.25, 0.3) is 0 Å². The third-order valence-electron chi connectivity index (χ3n) is 2.48. The van der Waals surface area contributed by atoms with E-state index in [-0.39, 0.29) is 11.5 Å². The van der Waals surface area contributed by atoms with Crippen LogP contribution in [0.2, 0.25) is 0 Å². The normalized spacial score (nSPS) is 13.2. The Kier molecular flexibility index (Phi) is 5.89. The van der Waals surface area contributed by atoms with Gasteiger partial charge in [0.15, 0.2) is 5.82 Å². The van der Waals surface area contributed by atoms with Crippen LogP contribution in [0.5, 0.6) is 0 Å². The summed E-state index contributed by atoms with van der Waals surface area (Å²) in [6.07, 6.45) is -1.58. The molecule has 0 saturated carbocycles. The second kappa shape index (κ2) is 7.12. The Bertz CT molecular complexity index is 574. The number of ether oxygens (including phenoxy) is 2. The van der Waals surface area contributed by atoms with Crippen LogP contribution in [-0.2, 0) is 9.47 Å². The fourth-order valence-corrected chi connectivity index (χ4v) is 1.59. The molecule has 0 aliphatic carbocycles. The van der Waals surface area contributed by atoms with Crippen LogP contribution < -0.4 is 4.90 Å². The standard InChI is InChI=1S/C16H25N3O5/c1-10(20)11-8-12(18-9-17-11)19(13(21)23-15(2,3)4)14(22)24-16(5,6)7/h8-10,20H,1-7H3. The highest BCUT2D eigenvalue weighted by atomic mass is 16.6. The summed E-state index contributed by atoms with van der Waals surface area (Å²) >= 11 is 0. The van der Waals surface area contributed by atoms with E-state index in [4.69, 9.17) is 9.47 Å². The lowest BCUT2D eigenvalue weighted by atomic mass is 10.2. The van der Waals surface area contributed by atoms with E-state index in [1.165, 1.54) is 13.0 Å². The summed E-state index contributed by atoms with van der Waals surface area (Å²) in [5.74, 6) is -0.0376. The summed E-state index contributed by atoms with van der Waals surface area (Å²) in [4.78, 5) is 33.4. The Labute approximate surface area is 141 Å². The topological polar surface area (TPSA) is 102 Å². The lowest BCUT2D eigenvalue weighted by molar-refractivity contribution is 0.0428. The van der Waals surface area contributed by atoms with Gasteiger partial charge in [0.2, 0.25) is 0 Å². The molecule has 1 atom stereocenters. The van der Waals surface area contributed by atoms with E-state index in [0.717, 1.165) is 6.33 Å². The van der Waals surface area contributed by atoms with Gasteiger partial charge in [0.05, 0.1) is 11.8 Å². The molecule has 0 spiro atoms.